The summed E-state index contributed by atoms with van der Waals surface area (Å²) >= 11 is 0. The van der Waals surface area contributed by atoms with E-state index < -0.39 is 17.3 Å². The second-order valence-corrected chi connectivity index (χ2v) is 3.74. The van der Waals surface area contributed by atoms with Crippen LogP contribution in [0.1, 0.15) is 25.6 Å². The van der Waals surface area contributed by atoms with Crippen LogP contribution in [0.2, 0.25) is 0 Å². The number of carbonyl (C=O) groups excluding carboxylic acids is 1. The number of nitriles is 2. The third kappa shape index (κ3) is 2.16. The van der Waals surface area contributed by atoms with E-state index in [2.05, 4.69) is 10.2 Å². The minimum Gasteiger partial charge on any atom is -0.465 e. The quantitative estimate of drug-likeness (QED) is 0.726. The minimum atomic E-state index is -1.58. The first-order valence-corrected chi connectivity index (χ1v) is 5.27. The fraction of sp³-hybridized carbons (Fsp3) is 0.545. The summed E-state index contributed by atoms with van der Waals surface area (Å²) in [5.74, 6) is -1.85. The standard InChI is InChI=1S/C11H12N4O3/c1-4-17-10(16)11(3,8(5-12)6-13)9-15-14-7(2)18-9/h8H,4H2,1-3H3/t11-/m1/s1. The van der Waals surface area contributed by atoms with E-state index in [0.717, 1.165) is 0 Å². The molecule has 7 nitrogen and oxygen atoms in total. The van der Waals surface area contributed by atoms with Crippen molar-refractivity contribution in [3.05, 3.63) is 11.8 Å². The van der Waals surface area contributed by atoms with Crippen LogP contribution in [-0.4, -0.2) is 22.8 Å². The van der Waals surface area contributed by atoms with Gasteiger partial charge in [0.2, 0.25) is 11.8 Å². The molecule has 0 fully saturated rings. The number of aromatic nitrogens is 2. The summed E-state index contributed by atoms with van der Waals surface area (Å²) in [5, 5.41) is 25.3. The highest BCUT2D eigenvalue weighted by Crippen LogP contribution is 2.32. The summed E-state index contributed by atoms with van der Waals surface area (Å²) in [4.78, 5) is 12.0. The Morgan fingerprint density at radius 3 is 2.50 bits per heavy atom. The van der Waals surface area contributed by atoms with E-state index in [1.54, 1.807) is 26.0 Å². The molecular formula is C11H12N4O3. The van der Waals surface area contributed by atoms with Crippen LogP contribution in [-0.2, 0) is 14.9 Å². The zero-order chi connectivity index (χ0) is 13.8. The number of nitrogens with zero attached hydrogens (tertiary/aromatic N) is 4. The lowest BCUT2D eigenvalue weighted by molar-refractivity contribution is -0.151. The summed E-state index contributed by atoms with van der Waals surface area (Å²) in [5.41, 5.74) is -1.58. The number of carbonyl (C=O) groups is 1. The molecule has 94 valence electrons. The van der Waals surface area contributed by atoms with Crippen LogP contribution in [0.4, 0.5) is 0 Å². The summed E-state index contributed by atoms with van der Waals surface area (Å²) in [6, 6.07) is 3.50. The first-order chi connectivity index (χ1) is 8.50. The van der Waals surface area contributed by atoms with Gasteiger partial charge in [-0.25, -0.2) is 0 Å². The topological polar surface area (TPSA) is 113 Å². The Labute approximate surface area is 104 Å². The maximum Gasteiger partial charge on any atom is 0.323 e. The predicted octanol–water partition coefficient (Wildman–Crippen LogP) is 0.862. The summed E-state index contributed by atoms with van der Waals surface area (Å²) in [7, 11) is 0. The van der Waals surface area contributed by atoms with Crippen LogP contribution >= 0.6 is 0 Å². The Kier molecular flexibility index (Phi) is 4.01. The van der Waals surface area contributed by atoms with Crippen molar-refractivity contribution in [2.75, 3.05) is 6.61 Å². The highest BCUT2D eigenvalue weighted by atomic mass is 16.5. The molecule has 0 amide bonds. The Morgan fingerprint density at radius 1 is 1.50 bits per heavy atom. The van der Waals surface area contributed by atoms with Gasteiger partial charge in [-0.05, 0) is 13.8 Å². The molecule has 1 atom stereocenters. The maximum atomic E-state index is 12.0. The fourth-order valence-electron chi connectivity index (χ4n) is 1.40. The molecule has 0 saturated carbocycles. The van der Waals surface area contributed by atoms with Crippen LogP contribution in [0, 0.1) is 35.5 Å². The molecule has 1 aromatic heterocycles. The number of aryl methyl sites for hydroxylation is 1. The largest absolute Gasteiger partial charge is 0.465 e. The first-order valence-electron chi connectivity index (χ1n) is 5.27. The zero-order valence-electron chi connectivity index (χ0n) is 10.3. The predicted molar refractivity (Wildman–Crippen MR) is 57.7 cm³/mol. The molecule has 0 aliphatic rings. The third-order valence-electron chi connectivity index (χ3n) is 2.51. The molecule has 0 saturated heterocycles. The molecule has 0 radical (unpaired) electrons. The van der Waals surface area contributed by atoms with E-state index >= 15 is 0 Å². The molecular weight excluding hydrogens is 236 g/mol. The Balaban J connectivity index is 3.31. The van der Waals surface area contributed by atoms with Crippen molar-refractivity contribution < 1.29 is 13.9 Å². The van der Waals surface area contributed by atoms with Gasteiger partial charge in [0, 0.05) is 6.92 Å². The number of hydrogen-bond acceptors (Lipinski definition) is 7. The van der Waals surface area contributed by atoms with Crippen LogP contribution < -0.4 is 0 Å². The molecule has 1 heterocycles. The van der Waals surface area contributed by atoms with Gasteiger partial charge in [0.25, 0.3) is 0 Å². The van der Waals surface area contributed by atoms with Crippen molar-refractivity contribution in [2.24, 2.45) is 5.92 Å². The van der Waals surface area contributed by atoms with E-state index in [1.165, 1.54) is 6.92 Å². The molecule has 0 unspecified atom stereocenters. The lowest BCUT2D eigenvalue weighted by Crippen LogP contribution is -2.41. The molecule has 18 heavy (non-hydrogen) atoms. The van der Waals surface area contributed by atoms with Crippen molar-refractivity contribution in [1.82, 2.24) is 10.2 Å². The average Bonchev–Trinajstić information content (AvgIpc) is 2.77. The SMILES string of the molecule is CCOC(=O)[C@@](C)(c1nnc(C)o1)C(C#N)C#N. The molecule has 1 rings (SSSR count). The third-order valence-corrected chi connectivity index (χ3v) is 2.51. The maximum absolute atomic E-state index is 12.0. The van der Waals surface area contributed by atoms with Gasteiger partial charge in [0.15, 0.2) is 11.3 Å². The van der Waals surface area contributed by atoms with Gasteiger partial charge >= 0.3 is 5.97 Å². The van der Waals surface area contributed by atoms with E-state index in [0.29, 0.717) is 0 Å². The normalized spacial score (nSPS) is 13.4. The van der Waals surface area contributed by atoms with Gasteiger partial charge in [-0.1, -0.05) is 0 Å². The molecule has 0 N–H and O–H groups in total. The van der Waals surface area contributed by atoms with Crippen molar-refractivity contribution >= 4 is 5.97 Å². The van der Waals surface area contributed by atoms with Gasteiger partial charge in [-0.3, -0.25) is 4.79 Å². The van der Waals surface area contributed by atoms with Crippen LogP contribution in [0.5, 0.6) is 0 Å². The van der Waals surface area contributed by atoms with Crippen LogP contribution in [0.25, 0.3) is 0 Å². The molecule has 0 aliphatic heterocycles. The van der Waals surface area contributed by atoms with Gasteiger partial charge in [-0.2, -0.15) is 10.5 Å². The van der Waals surface area contributed by atoms with Crippen LogP contribution in [0.15, 0.2) is 4.42 Å². The van der Waals surface area contributed by atoms with Crippen molar-refractivity contribution in [3.63, 3.8) is 0 Å². The second kappa shape index (κ2) is 5.28. The van der Waals surface area contributed by atoms with E-state index in [9.17, 15) is 4.79 Å². The number of esters is 1. The minimum absolute atomic E-state index is 0.0912. The number of ether oxygens (including phenoxy) is 1. The summed E-state index contributed by atoms with van der Waals surface area (Å²) < 4.78 is 10.1. The van der Waals surface area contributed by atoms with Crippen molar-refractivity contribution in [3.8, 4) is 12.1 Å². The van der Waals surface area contributed by atoms with Gasteiger partial charge in [0.1, 0.15) is 0 Å². The van der Waals surface area contributed by atoms with E-state index in [4.69, 9.17) is 19.7 Å². The lowest BCUT2D eigenvalue weighted by Gasteiger charge is -2.23. The Morgan fingerprint density at radius 2 is 2.11 bits per heavy atom. The zero-order valence-corrected chi connectivity index (χ0v) is 10.3. The fourth-order valence-corrected chi connectivity index (χ4v) is 1.40. The molecule has 0 bridgehead atoms. The smallest absolute Gasteiger partial charge is 0.323 e. The highest BCUT2D eigenvalue weighted by Gasteiger charge is 2.50. The van der Waals surface area contributed by atoms with Gasteiger partial charge in [0.05, 0.1) is 18.7 Å². The first kappa shape index (κ1) is 13.7. The van der Waals surface area contributed by atoms with Crippen molar-refractivity contribution in [1.29, 1.82) is 10.5 Å². The molecule has 0 spiro atoms. The molecule has 7 heteroatoms. The number of hydrogen-bond donors (Lipinski definition) is 0. The summed E-state index contributed by atoms with van der Waals surface area (Å²) in [6.07, 6.45) is 0. The van der Waals surface area contributed by atoms with Gasteiger partial charge in [-0.15, -0.1) is 10.2 Å². The Bertz CT molecular complexity index is 511. The van der Waals surface area contributed by atoms with Gasteiger partial charge < -0.3 is 9.15 Å². The number of rotatable bonds is 4. The highest BCUT2D eigenvalue weighted by molar-refractivity contribution is 5.82. The average molecular weight is 248 g/mol. The second-order valence-electron chi connectivity index (χ2n) is 3.74. The summed E-state index contributed by atoms with van der Waals surface area (Å²) in [6.45, 7) is 4.70. The van der Waals surface area contributed by atoms with Crippen LogP contribution in [0.3, 0.4) is 0 Å². The molecule has 0 aliphatic carbocycles. The lowest BCUT2D eigenvalue weighted by atomic mass is 9.78. The monoisotopic (exact) mass is 248 g/mol. The van der Waals surface area contributed by atoms with Crippen molar-refractivity contribution in [2.45, 2.75) is 26.2 Å². The molecule has 1 aromatic rings. The van der Waals surface area contributed by atoms with E-state index in [1.807, 2.05) is 0 Å². The Hall–Kier alpha value is -2.41. The van der Waals surface area contributed by atoms with E-state index in [-0.39, 0.29) is 18.4 Å². The molecule has 0 aromatic carbocycles.